The van der Waals surface area contributed by atoms with E-state index in [2.05, 4.69) is 0 Å². The van der Waals surface area contributed by atoms with E-state index in [0.717, 1.165) is 31.0 Å². The van der Waals surface area contributed by atoms with Gasteiger partial charge in [0.1, 0.15) is 11.4 Å². The fraction of sp³-hybridized carbons (Fsp3) is 0.290. The first kappa shape index (κ1) is 31.2. The summed E-state index contributed by atoms with van der Waals surface area (Å²) in [5.74, 6) is -2.17. The van der Waals surface area contributed by atoms with E-state index in [-0.39, 0.29) is 39.9 Å². The molecule has 13 heteroatoms. The quantitative estimate of drug-likeness (QED) is 0.248. The lowest BCUT2D eigenvalue weighted by Gasteiger charge is -2.36. The van der Waals surface area contributed by atoms with Crippen LogP contribution in [0.15, 0.2) is 71.9 Å². The predicted octanol–water partition coefficient (Wildman–Crippen LogP) is 1.49. The molecule has 1 N–H and O–H groups in total. The first-order valence-electron chi connectivity index (χ1n) is 13.8. The van der Waals surface area contributed by atoms with Crippen LogP contribution in [0.5, 0.6) is 0 Å². The first-order chi connectivity index (χ1) is 20.5. The second kappa shape index (κ2) is 12.0. The molecule has 2 aromatic heterocycles. The Bertz CT molecular complexity index is 1780. The number of carboxylic acids is 1. The van der Waals surface area contributed by atoms with Crippen molar-refractivity contribution in [3.63, 3.8) is 0 Å². The molecule has 2 aliphatic rings. The van der Waals surface area contributed by atoms with E-state index in [1.54, 1.807) is 44.6 Å². The van der Waals surface area contributed by atoms with Gasteiger partial charge in [0, 0.05) is 61.5 Å². The van der Waals surface area contributed by atoms with Gasteiger partial charge in [-0.15, -0.1) is 0 Å². The van der Waals surface area contributed by atoms with Crippen molar-refractivity contribution >= 4 is 28.5 Å². The van der Waals surface area contributed by atoms with Crippen molar-refractivity contribution in [1.29, 1.82) is 0 Å². The zero-order chi connectivity index (χ0) is 30.5. The van der Waals surface area contributed by atoms with Gasteiger partial charge in [0.15, 0.2) is 18.9 Å². The fourth-order valence-electron chi connectivity index (χ4n) is 5.46. The number of nitrogens with zero attached hydrogens (tertiary/aromatic N) is 4. The first-order valence-corrected chi connectivity index (χ1v) is 13.8. The molecule has 0 spiro atoms. The Hall–Kier alpha value is -4.26. The third kappa shape index (κ3) is 6.19. The molecule has 0 radical (unpaired) electrons. The molecule has 4 aromatic rings. The number of rotatable bonds is 6. The van der Waals surface area contributed by atoms with Gasteiger partial charge in [-0.1, -0.05) is 12.1 Å². The van der Waals surface area contributed by atoms with Crippen LogP contribution in [0, 0.1) is 5.82 Å². The van der Waals surface area contributed by atoms with Gasteiger partial charge in [-0.05, 0) is 37.1 Å². The summed E-state index contributed by atoms with van der Waals surface area (Å²) < 4.78 is 57.2. The lowest BCUT2D eigenvalue weighted by molar-refractivity contribution is -0.688. The summed E-state index contributed by atoms with van der Waals surface area (Å²) in [4.78, 5) is 41.0. The molecular weight excluding hydrogens is 648 g/mol. The van der Waals surface area contributed by atoms with Crippen LogP contribution in [-0.4, -0.2) is 52.6 Å². The summed E-state index contributed by atoms with van der Waals surface area (Å²) in [6, 6.07) is 11.0. The summed E-state index contributed by atoms with van der Waals surface area (Å²) in [6.45, 7) is 1.73. The second-order valence-electron chi connectivity index (χ2n) is 10.9. The Kier molecular flexibility index (Phi) is 8.52. The minimum Gasteiger partial charge on any atom is -1.00 e. The van der Waals surface area contributed by atoms with Crippen molar-refractivity contribution in [1.82, 2.24) is 9.47 Å². The Balaban J connectivity index is 0.00000384. The number of halogens is 5. The third-order valence-electron chi connectivity index (χ3n) is 7.96. The Morgan fingerprint density at radius 1 is 0.955 bits per heavy atom. The maximum atomic E-state index is 15.3. The summed E-state index contributed by atoms with van der Waals surface area (Å²) >= 11 is 0. The van der Waals surface area contributed by atoms with Crippen molar-refractivity contribution in [2.45, 2.75) is 31.6 Å². The average molecular weight is 675 g/mol. The maximum absolute atomic E-state index is 15.3. The highest BCUT2D eigenvalue weighted by Gasteiger charge is 2.31. The van der Waals surface area contributed by atoms with Crippen LogP contribution >= 0.6 is 0 Å². The Morgan fingerprint density at radius 2 is 1.59 bits per heavy atom. The van der Waals surface area contributed by atoms with Crippen LogP contribution in [0.2, 0.25) is 0 Å². The average Bonchev–Trinajstić information content (AvgIpc) is 3.83. The number of hydrogen-bond acceptors (Lipinski definition) is 4. The van der Waals surface area contributed by atoms with Gasteiger partial charge < -0.3 is 36.5 Å². The van der Waals surface area contributed by atoms with Gasteiger partial charge in [0.2, 0.25) is 5.43 Å². The molecule has 0 atom stereocenters. The normalized spacial score (nSPS) is 15.3. The number of carbonyl (C=O) groups is 2. The standard InChI is InChI=1S/C31H26F4N4O4.BrH/c32-25-15-23-26(39(22-5-6-22)18-24(28(23)40)30(42)43)16-27(25)37-11-13-38(14-12-37)29(41)20-7-9-36(10-8-20)17-19-1-3-21(4-2-19)31(33,34)35;/h1-4,7-10,15-16,18,22H,5-6,11-14,17H2;1H. The SMILES string of the molecule is O=C(O)c1cn(C2CC2)c2cc(N3CCN(C(=O)c4cc[n+](Cc5ccc(C(F)(F)F)cc5)cc4)CC3)c(F)cc2c1=O.[Br-]. The fourth-order valence-corrected chi connectivity index (χ4v) is 5.46. The molecule has 1 saturated heterocycles. The highest BCUT2D eigenvalue weighted by atomic mass is 79.9. The van der Waals surface area contributed by atoms with Gasteiger partial charge in [0.05, 0.1) is 22.3 Å². The summed E-state index contributed by atoms with van der Waals surface area (Å²) in [6.07, 6.45) is 2.03. The minimum atomic E-state index is -4.39. The van der Waals surface area contributed by atoms with Gasteiger partial charge in [-0.2, -0.15) is 13.2 Å². The summed E-state index contributed by atoms with van der Waals surface area (Å²) in [5.41, 5.74) is 0.107. The molecule has 1 aliphatic carbocycles. The van der Waals surface area contributed by atoms with Crippen molar-refractivity contribution < 1.29 is 53.8 Å². The van der Waals surface area contributed by atoms with E-state index in [4.69, 9.17) is 0 Å². The molecule has 1 saturated carbocycles. The number of anilines is 1. The van der Waals surface area contributed by atoms with Crippen LogP contribution in [0.4, 0.5) is 23.2 Å². The lowest BCUT2D eigenvalue weighted by Crippen LogP contribution is -3.00. The number of benzene rings is 2. The van der Waals surface area contributed by atoms with E-state index in [1.807, 2.05) is 4.90 Å². The monoisotopic (exact) mass is 674 g/mol. The van der Waals surface area contributed by atoms with Crippen molar-refractivity contribution in [3.05, 3.63) is 105 Å². The van der Waals surface area contributed by atoms with Crippen LogP contribution < -0.4 is 31.9 Å². The zero-order valence-corrected chi connectivity index (χ0v) is 24.8. The van der Waals surface area contributed by atoms with Gasteiger partial charge in [0.25, 0.3) is 5.91 Å². The van der Waals surface area contributed by atoms with E-state index in [1.165, 1.54) is 18.3 Å². The highest BCUT2D eigenvalue weighted by molar-refractivity contribution is 5.95. The lowest BCUT2D eigenvalue weighted by atomic mass is 10.1. The van der Waals surface area contributed by atoms with Crippen LogP contribution in [0.25, 0.3) is 10.9 Å². The molecule has 0 bridgehead atoms. The Labute approximate surface area is 259 Å². The van der Waals surface area contributed by atoms with Crippen molar-refractivity contribution in [2.75, 3.05) is 31.1 Å². The summed E-state index contributed by atoms with van der Waals surface area (Å²) in [7, 11) is 0. The molecule has 3 heterocycles. The van der Waals surface area contributed by atoms with Crippen LogP contribution in [0.1, 0.15) is 50.7 Å². The van der Waals surface area contributed by atoms with E-state index >= 15 is 4.39 Å². The number of fused-ring (bicyclic) bond motifs is 1. The van der Waals surface area contributed by atoms with Crippen molar-refractivity contribution in [3.8, 4) is 0 Å². The molecule has 2 fully saturated rings. The van der Waals surface area contributed by atoms with Gasteiger partial charge in [-0.25, -0.2) is 13.8 Å². The number of piperazine rings is 1. The summed E-state index contributed by atoms with van der Waals surface area (Å²) in [5, 5.41) is 9.48. The van der Waals surface area contributed by atoms with Crippen LogP contribution in [0.3, 0.4) is 0 Å². The maximum Gasteiger partial charge on any atom is 0.416 e. The number of amides is 1. The number of carbonyl (C=O) groups excluding carboxylic acids is 1. The topological polar surface area (TPSA) is 86.7 Å². The van der Waals surface area contributed by atoms with Gasteiger partial charge >= 0.3 is 12.1 Å². The molecule has 1 aliphatic heterocycles. The van der Waals surface area contributed by atoms with E-state index in [9.17, 15) is 32.7 Å². The number of pyridine rings is 2. The zero-order valence-electron chi connectivity index (χ0n) is 23.2. The molecule has 6 rings (SSSR count). The number of aromatic nitrogens is 2. The molecule has 44 heavy (non-hydrogen) atoms. The number of carboxylic acid groups (broad SMARTS) is 1. The van der Waals surface area contributed by atoms with Crippen LogP contribution in [-0.2, 0) is 12.7 Å². The molecule has 1 amide bonds. The second-order valence-corrected chi connectivity index (χ2v) is 10.9. The molecule has 8 nitrogen and oxygen atoms in total. The molecular formula is C31H27BrF4N4O4. The predicted molar refractivity (Wildman–Crippen MR) is 149 cm³/mol. The Morgan fingerprint density at radius 3 is 2.16 bits per heavy atom. The number of aromatic carboxylic acids is 1. The number of alkyl halides is 3. The van der Waals surface area contributed by atoms with Crippen molar-refractivity contribution in [2.24, 2.45) is 0 Å². The highest BCUT2D eigenvalue weighted by Crippen LogP contribution is 2.38. The van der Waals surface area contributed by atoms with E-state index in [0.29, 0.717) is 55.1 Å². The molecule has 2 aromatic carbocycles. The van der Waals surface area contributed by atoms with Gasteiger partial charge in [-0.3, -0.25) is 9.59 Å². The van der Waals surface area contributed by atoms with E-state index < -0.39 is 29.0 Å². The molecule has 0 unspecified atom stereocenters. The smallest absolute Gasteiger partial charge is 0.416 e. The third-order valence-corrected chi connectivity index (χ3v) is 7.96. The largest absolute Gasteiger partial charge is 1.00 e. The molecule has 230 valence electrons. The number of hydrogen-bond donors (Lipinski definition) is 1. The minimum absolute atomic E-state index is 0.